The number of likely N-dealkylation sites (N-methyl/N-ethyl adjacent to an activating group) is 1. The van der Waals surface area contributed by atoms with Gasteiger partial charge in [-0.2, -0.15) is 0 Å². The Balaban J connectivity index is 1.46. The van der Waals surface area contributed by atoms with E-state index in [4.69, 9.17) is 5.73 Å². The van der Waals surface area contributed by atoms with Gasteiger partial charge in [0, 0.05) is 41.2 Å². The molecule has 1 aliphatic carbocycles. The Labute approximate surface area is 199 Å². The zero-order valence-corrected chi connectivity index (χ0v) is 19.9. The lowest BCUT2D eigenvalue weighted by Crippen LogP contribution is -2.34. The second-order valence-electron chi connectivity index (χ2n) is 9.85. The highest BCUT2D eigenvalue weighted by Gasteiger charge is 2.45. The van der Waals surface area contributed by atoms with Crippen molar-refractivity contribution >= 4 is 11.7 Å². The van der Waals surface area contributed by atoms with Crippen LogP contribution in [0, 0.1) is 5.82 Å². The number of halogens is 1. The van der Waals surface area contributed by atoms with Gasteiger partial charge in [0.25, 0.3) is 5.91 Å². The average molecular weight is 460 g/mol. The van der Waals surface area contributed by atoms with E-state index in [1.54, 1.807) is 12.3 Å². The third kappa shape index (κ3) is 4.05. The summed E-state index contributed by atoms with van der Waals surface area (Å²) >= 11 is 0. The standard InChI is InChI=1S/C27H30FN5O/c1-16(2)33(3)15-27(9-10-27)19-6-4-17(5-7-19)23-14-31-25(29)24(32-23)21-12-18-8-11-30-26(34)20(18)13-22(21)28/h4-7,12-14,16H,8-11,15H2,1-3H3,(H2,29,31)(H,30,34). The average Bonchev–Trinajstić information content (AvgIpc) is 3.60. The number of aromatic nitrogens is 2. The molecule has 1 aromatic heterocycles. The molecule has 0 radical (unpaired) electrons. The van der Waals surface area contributed by atoms with Crippen molar-refractivity contribution in [2.24, 2.45) is 0 Å². The molecule has 2 aliphatic rings. The molecule has 0 spiro atoms. The highest BCUT2D eigenvalue weighted by Crippen LogP contribution is 2.49. The number of hydrogen-bond donors (Lipinski definition) is 2. The van der Waals surface area contributed by atoms with Crippen LogP contribution in [0.3, 0.4) is 0 Å². The van der Waals surface area contributed by atoms with Crippen molar-refractivity contribution in [1.29, 1.82) is 0 Å². The van der Waals surface area contributed by atoms with Crippen molar-refractivity contribution in [2.75, 3.05) is 25.9 Å². The van der Waals surface area contributed by atoms with E-state index in [9.17, 15) is 9.18 Å². The van der Waals surface area contributed by atoms with Gasteiger partial charge in [-0.1, -0.05) is 24.3 Å². The quantitative estimate of drug-likeness (QED) is 0.578. The Kier molecular flexibility index (Phi) is 5.60. The van der Waals surface area contributed by atoms with Crippen molar-refractivity contribution < 1.29 is 9.18 Å². The van der Waals surface area contributed by atoms with E-state index in [1.807, 2.05) is 0 Å². The number of fused-ring (bicyclic) bond motifs is 1. The van der Waals surface area contributed by atoms with E-state index in [2.05, 4.69) is 65.3 Å². The number of nitrogens with two attached hydrogens (primary N) is 1. The maximum atomic E-state index is 15.0. The van der Waals surface area contributed by atoms with Crippen LogP contribution < -0.4 is 11.1 Å². The summed E-state index contributed by atoms with van der Waals surface area (Å²) < 4.78 is 15.0. The van der Waals surface area contributed by atoms with Crippen LogP contribution in [0.4, 0.5) is 10.2 Å². The number of nitrogens with zero attached hydrogens (tertiary/aromatic N) is 3. The summed E-state index contributed by atoms with van der Waals surface area (Å²) in [7, 11) is 2.18. The molecule has 7 heteroatoms. The van der Waals surface area contributed by atoms with Crippen LogP contribution in [-0.2, 0) is 11.8 Å². The highest BCUT2D eigenvalue weighted by atomic mass is 19.1. The summed E-state index contributed by atoms with van der Waals surface area (Å²) in [5.74, 6) is -0.630. The summed E-state index contributed by atoms with van der Waals surface area (Å²) in [5, 5.41) is 2.74. The lowest BCUT2D eigenvalue weighted by Gasteiger charge is -2.27. The van der Waals surface area contributed by atoms with Crippen molar-refractivity contribution in [3.8, 4) is 22.5 Å². The number of anilines is 1. The second kappa shape index (κ2) is 8.47. The molecule has 1 fully saturated rings. The number of hydrogen-bond acceptors (Lipinski definition) is 5. The lowest BCUT2D eigenvalue weighted by atomic mass is 9.93. The number of benzene rings is 2. The zero-order chi connectivity index (χ0) is 24.0. The molecule has 1 saturated carbocycles. The number of carbonyl (C=O) groups is 1. The van der Waals surface area contributed by atoms with Crippen LogP contribution in [0.1, 0.15) is 48.2 Å². The fourth-order valence-electron chi connectivity index (χ4n) is 4.70. The fraction of sp³-hybridized carbons (Fsp3) is 0.370. The van der Waals surface area contributed by atoms with E-state index in [-0.39, 0.29) is 22.7 Å². The van der Waals surface area contributed by atoms with Crippen molar-refractivity contribution in [3.05, 3.63) is 65.1 Å². The molecule has 34 heavy (non-hydrogen) atoms. The number of nitrogen functional groups attached to an aromatic ring is 1. The van der Waals surface area contributed by atoms with Crippen molar-refractivity contribution in [1.82, 2.24) is 20.2 Å². The number of carbonyl (C=O) groups excluding carboxylic acids is 1. The van der Waals surface area contributed by atoms with Crippen LogP contribution in [0.5, 0.6) is 0 Å². The summed E-state index contributed by atoms with van der Waals surface area (Å²) in [6.45, 7) is 6.01. The molecule has 0 saturated heterocycles. The van der Waals surface area contributed by atoms with Crippen LogP contribution >= 0.6 is 0 Å². The van der Waals surface area contributed by atoms with E-state index >= 15 is 0 Å². The predicted octanol–water partition coefficient (Wildman–Crippen LogP) is 4.19. The van der Waals surface area contributed by atoms with E-state index in [0.29, 0.717) is 36.0 Å². The van der Waals surface area contributed by atoms with Gasteiger partial charge in [0.2, 0.25) is 0 Å². The first-order valence-corrected chi connectivity index (χ1v) is 11.8. The minimum atomic E-state index is -0.533. The number of amides is 1. The Bertz CT molecular complexity index is 1250. The molecule has 5 rings (SSSR count). The minimum absolute atomic E-state index is 0.160. The van der Waals surface area contributed by atoms with Gasteiger partial charge in [0.1, 0.15) is 17.3 Å². The molecule has 176 valence electrons. The van der Waals surface area contributed by atoms with Crippen molar-refractivity contribution in [3.63, 3.8) is 0 Å². The second-order valence-corrected chi connectivity index (χ2v) is 9.85. The van der Waals surface area contributed by atoms with Gasteiger partial charge in [0.05, 0.1) is 11.9 Å². The van der Waals surface area contributed by atoms with Crippen LogP contribution in [0.25, 0.3) is 22.5 Å². The first kappa shape index (κ1) is 22.5. The maximum Gasteiger partial charge on any atom is 0.251 e. The molecule has 2 aromatic carbocycles. The molecule has 1 amide bonds. The molecule has 0 bridgehead atoms. The van der Waals surface area contributed by atoms with Crippen LogP contribution in [0.15, 0.2) is 42.6 Å². The van der Waals surface area contributed by atoms with Gasteiger partial charge in [0.15, 0.2) is 0 Å². The molecule has 1 aliphatic heterocycles. The molecule has 2 heterocycles. The molecule has 3 N–H and O–H groups in total. The normalized spacial score (nSPS) is 16.5. The summed E-state index contributed by atoms with van der Waals surface area (Å²) in [6, 6.07) is 11.9. The molecular weight excluding hydrogens is 429 g/mol. The Hall–Kier alpha value is -3.32. The molecule has 0 atom stereocenters. The van der Waals surface area contributed by atoms with Crippen LogP contribution in [0.2, 0.25) is 0 Å². The highest BCUT2D eigenvalue weighted by molar-refractivity contribution is 5.97. The molecule has 3 aromatic rings. The Morgan fingerprint density at radius 3 is 2.59 bits per heavy atom. The minimum Gasteiger partial charge on any atom is -0.382 e. The van der Waals surface area contributed by atoms with Gasteiger partial charge in [-0.15, -0.1) is 0 Å². The number of nitrogens with one attached hydrogen (secondary N) is 1. The fourth-order valence-corrected chi connectivity index (χ4v) is 4.70. The molecule has 6 nitrogen and oxygen atoms in total. The predicted molar refractivity (Wildman–Crippen MR) is 132 cm³/mol. The van der Waals surface area contributed by atoms with Gasteiger partial charge in [-0.05, 0) is 63.4 Å². The third-order valence-electron chi connectivity index (χ3n) is 7.25. The topological polar surface area (TPSA) is 84.1 Å². The maximum absolute atomic E-state index is 15.0. The Morgan fingerprint density at radius 1 is 1.18 bits per heavy atom. The Morgan fingerprint density at radius 2 is 1.91 bits per heavy atom. The van der Waals surface area contributed by atoms with Gasteiger partial charge in [-0.3, -0.25) is 4.79 Å². The lowest BCUT2D eigenvalue weighted by molar-refractivity contribution is 0.0945. The largest absolute Gasteiger partial charge is 0.382 e. The van der Waals surface area contributed by atoms with Crippen molar-refractivity contribution in [2.45, 2.75) is 44.6 Å². The van der Waals surface area contributed by atoms with E-state index < -0.39 is 5.82 Å². The monoisotopic (exact) mass is 459 g/mol. The van der Waals surface area contributed by atoms with Crippen LogP contribution in [-0.4, -0.2) is 47.0 Å². The van der Waals surface area contributed by atoms with E-state index in [1.165, 1.54) is 24.5 Å². The summed E-state index contributed by atoms with van der Waals surface area (Å²) in [6.07, 6.45) is 4.66. The first-order chi connectivity index (χ1) is 16.3. The first-order valence-electron chi connectivity index (χ1n) is 11.8. The number of rotatable bonds is 6. The molecular formula is C27H30FN5O. The van der Waals surface area contributed by atoms with Gasteiger partial charge in [-0.25, -0.2) is 14.4 Å². The summed E-state index contributed by atoms with van der Waals surface area (Å²) in [5.41, 5.74) is 10.9. The zero-order valence-electron chi connectivity index (χ0n) is 19.9. The smallest absolute Gasteiger partial charge is 0.251 e. The third-order valence-corrected chi connectivity index (χ3v) is 7.25. The van der Waals surface area contributed by atoms with Gasteiger partial charge >= 0.3 is 0 Å². The molecule has 0 unspecified atom stereocenters. The van der Waals surface area contributed by atoms with E-state index in [0.717, 1.165) is 17.7 Å². The van der Waals surface area contributed by atoms with Gasteiger partial charge < -0.3 is 16.0 Å². The SMILES string of the molecule is CC(C)N(C)CC1(c2ccc(-c3cnc(N)c(-c4cc5c(cc4F)C(=O)NCC5)n3)cc2)CC1. The summed E-state index contributed by atoms with van der Waals surface area (Å²) in [4.78, 5) is 23.4.